The van der Waals surface area contributed by atoms with Gasteiger partial charge < -0.3 is 10.1 Å². The van der Waals surface area contributed by atoms with Gasteiger partial charge in [0, 0.05) is 29.7 Å². The van der Waals surface area contributed by atoms with E-state index in [0.717, 1.165) is 5.69 Å². The molecule has 0 atom stereocenters. The van der Waals surface area contributed by atoms with Crippen LogP contribution in [0.5, 0.6) is 5.75 Å². The van der Waals surface area contributed by atoms with Crippen molar-refractivity contribution < 1.29 is 17.9 Å². The fourth-order valence-electron chi connectivity index (χ4n) is 2.79. The SMILES string of the molecule is CCN(CC)S(=O)(=O)c1ccc(NC(=O)c2ccc(OCc3cscn3)cc2)cc1. The first-order chi connectivity index (χ1) is 14.4. The second-order valence-corrected chi connectivity index (χ2v) is 9.02. The third kappa shape index (κ3) is 5.24. The lowest BCUT2D eigenvalue weighted by molar-refractivity contribution is 0.102. The van der Waals surface area contributed by atoms with Gasteiger partial charge in [-0.25, -0.2) is 13.4 Å². The normalized spacial score (nSPS) is 11.4. The van der Waals surface area contributed by atoms with Crippen LogP contribution < -0.4 is 10.1 Å². The Balaban J connectivity index is 1.61. The Hall–Kier alpha value is -2.75. The van der Waals surface area contributed by atoms with Crippen molar-refractivity contribution >= 4 is 33.0 Å². The summed E-state index contributed by atoms with van der Waals surface area (Å²) in [5.41, 5.74) is 3.59. The maximum absolute atomic E-state index is 12.5. The number of aromatic nitrogens is 1. The summed E-state index contributed by atoms with van der Waals surface area (Å²) < 4.78 is 32.1. The van der Waals surface area contributed by atoms with Crippen LogP contribution in [0.25, 0.3) is 0 Å². The summed E-state index contributed by atoms with van der Waals surface area (Å²) in [5.74, 6) is 0.353. The molecule has 0 aliphatic heterocycles. The molecular formula is C21H23N3O4S2. The van der Waals surface area contributed by atoms with E-state index < -0.39 is 10.0 Å². The van der Waals surface area contributed by atoms with Crippen molar-refractivity contribution in [3.8, 4) is 5.75 Å². The highest BCUT2D eigenvalue weighted by molar-refractivity contribution is 7.89. The smallest absolute Gasteiger partial charge is 0.255 e. The van der Waals surface area contributed by atoms with Gasteiger partial charge >= 0.3 is 0 Å². The number of thiazole rings is 1. The minimum atomic E-state index is -3.52. The number of nitrogens with one attached hydrogen (secondary N) is 1. The lowest BCUT2D eigenvalue weighted by Crippen LogP contribution is -2.30. The lowest BCUT2D eigenvalue weighted by atomic mass is 10.2. The Bertz CT molecular complexity index is 1060. The summed E-state index contributed by atoms with van der Waals surface area (Å²) in [4.78, 5) is 16.8. The highest BCUT2D eigenvalue weighted by Gasteiger charge is 2.21. The van der Waals surface area contributed by atoms with Crippen molar-refractivity contribution in [2.24, 2.45) is 0 Å². The Morgan fingerprint density at radius 2 is 1.73 bits per heavy atom. The Morgan fingerprint density at radius 1 is 1.07 bits per heavy atom. The van der Waals surface area contributed by atoms with Gasteiger partial charge in [0.1, 0.15) is 12.4 Å². The van der Waals surface area contributed by atoms with E-state index in [1.54, 1.807) is 55.8 Å². The van der Waals surface area contributed by atoms with Gasteiger partial charge in [-0.2, -0.15) is 4.31 Å². The van der Waals surface area contributed by atoms with Crippen LogP contribution in [0.1, 0.15) is 29.9 Å². The number of carbonyl (C=O) groups excluding carboxylic acids is 1. The van der Waals surface area contributed by atoms with Crippen LogP contribution in [-0.4, -0.2) is 36.7 Å². The van der Waals surface area contributed by atoms with Crippen molar-refractivity contribution in [1.82, 2.24) is 9.29 Å². The highest BCUT2D eigenvalue weighted by Crippen LogP contribution is 2.20. The molecule has 3 rings (SSSR count). The van der Waals surface area contributed by atoms with Crippen LogP contribution in [0.3, 0.4) is 0 Å². The summed E-state index contributed by atoms with van der Waals surface area (Å²) in [5, 5.41) is 4.69. The molecule has 0 fully saturated rings. The number of benzene rings is 2. The molecule has 2 aromatic carbocycles. The molecule has 1 aromatic heterocycles. The van der Waals surface area contributed by atoms with E-state index in [0.29, 0.717) is 36.7 Å². The van der Waals surface area contributed by atoms with Gasteiger partial charge in [-0.1, -0.05) is 13.8 Å². The van der Waals surface area contributed by atoms with Crippen LogP contribution in [0, 0.1) is 0 Å². The third-order valence-electron chi connectivity index (χ3n) is 4.44. The molecule has 1 N–H and O–H groups in total. The molecule has 3 aromatic rings. The molecule has 0 radical (unpaired) electrons. The van der Waals surface area contributed by atoms with Gasteiger partial charge in [-0.05, 0) is 48.5 Å². The molecule has 0 bridgehead atoms. The lowest BCUT2D eigenvalue weighted by Gasteiger charge is -2.18. The number of nitrogens with zero attached hydrogens (tertiary/aromatic N) is 2. The Labute approximate surface area is 180 Å². The van der Waals surface area contributed by atoms with E-state index in [1.165, 1.54) is 27.8 Å². The maximum atomic E-state index is 12.5. The number of carbonyl (C=O) groups is 1. The predicted octanol–water partition coefficient (Wildman–Crippen LogP) is 4.00. The van der Waals surface area contributed by atoms with Gasteiger partial charge in [0.15, 0.2) is 0 Å². The average molecular weight is 446 g/mol. The third-order valence-corrected chi connectivity index (χ3v) is 7.14. The number of hydrogen-bond acceptors (Lipinski definition) is 6. The quantitative estimate of drug-likeness (QED) is 0.538. The van der Waals surface area contributed by atoms with Gasteiger partial charge in [0.05, 0.1) is 16.1 Å². The summed E-state index contributed by atoms with van der Waals surface area (Å²) in [7, 11) is -3.52. The highest BCUT2D eigenvalue weighted by atomic mass is 32.2. The standard InChI is InChI=1S/C21H23N3O4S2/c1-3-24(4-2)30(26,27)20-11-7-17(8-12-20)23-21(25)16-5-9-19(10-6-16)28-13-18-14-29-15-22-18/h5-12,14-15H,3-4,13H2,1-2H3,(H,23,25). The largest absolute Gasteiger partial charge is 0.487 e. The Kier molecular flexibility index (Phi) is 7.20. The molecule has 0 aliphatic carbocycles. The summed E-state index contributed by atoms with van der Waals surface area (Å²) in [6.45, 7) is 4.77. The number of rotatable bonds is 9. The number of anilines is 1. The molecule has 0 spiro atoms. The molecule has 30 heavy (non-hydrogen) atoms. The molecule has 158 valence electrons. The predicted molar refractivity (Wildman–Crippen MR) is 117 cm³/mol. The van der Waals surface area contributed by atoms with E-state index in [-0.39, 0.29) is 10.8 Å². The van der Waals surface area contributed by atoms with Gasteiger partial charge in [-0.15, -0.1) is 11.3 Å². The summed E-state index contributed by atoms with van der Waals surface area (Å²) >= 11 is 1.51. The van der Waals surface area contributed by atoms with E-state index in [9.17, 15) is 13.2 Å². The van der Waals surface area contributed by atoms with Crippen LogP contribution in [-0.2, 0) is 16.6 Å². The van der Waals surface area contributed by atoms with Gasteiger partial charge in [-0.3, -0.25) is 4.79 Å². The fraction of sp³-hybridized carbons (Fsp3) is 0.238. The van der Waals surface area contributed by atoms with E-state index >= 15 is 0 Å². The molecule has 9 heteroatoms. The monoisotopic (exact) mass is 445 g/mol. The zero-order valence-electron chi connectivity index (χ0n) is 16.7. The van der Waals surface area contributed by atoms with Crippen molar-refractivity contribution in [1.29, 1.82) is 0 Å². The van der Waals surface area contributed by atoms with Crippen LogP contribution in [0.4, 0.5) is 5.69 Å². The van der Waals surface area contributed by atoms with Gasteiger partial charge in [0.25, 0.3) is 5.91 Å². The molecular weight excluding hydrogens is 422 g/mol. The molecule has 0 unspecified atom stereocenters. The van der Waals surface area contributed by atoms with Gasteiger partial charge in [0.2, 0.25) is 10.0 Å². The van der Waals surface area contributed by atoms with Crippen molar-refractivity contribution in [2.75, 3.05) is 18.4 Å². The molecule has 0 saturated heterocycles. The zero-order valence-corrected chi connectivity index (χ0v) is 18.4. The van der Waals surface area contributed by atoms with E-state index in [4.69, 9.17) is 4.74 Å². The van der Waals surface area contributed by atoms with Crippen molar-refractivity contribution in [3.05, 3.63) is 70.7 Å². The van der Waals surface area contributed by atoms with E-state index in [1.807, 2.05) is 5.38 Å². The fourth-order valence-corrected chi connectivity index (χ4v) is 4.80. The second kappa shape index (κ2) is 9.84. The number of hydrogen-bond donors (Lipinski definition) is 1. The first-order valence-electron chi connectivity index (χ1n) is 9.45. The van der Waals surface area contributed by atoms with Crippen LogP contribution >= 0.6 is 11.3 Å². The van der Waals surface area contributed by atoms with Crippen molar-refractivity contribution in [2.45, 2.75) is 25.3 Å². The Morgan fingerprint density at radius 3 is 2.30 bits per heavy atom. The number of ether oxygens (including phenoxy) is 1. The maximum Gasteiger partial charge on any atom is 0.255 e. The topological polar surface area (TPSA) is 88.6 Å². The first kappa shape index (κ1) is 21.9. The average Bonchev–Trinajstić information content (AvgIpc) is 3.27. The van der Waals surface area contributed by atoms with Crippen molar-refractivity contribution in [3.63, 3.8) is 0 Å². The molecule has 0 aliphatic rings. The number of sulfonamides is 1. The van der Waals surface area contributed by atoms with Crippen LogP contribution in [0.15, 0.2) is 64.3 Å². The summed E-state index contributed by atoms with van der Waals surface area (Å²) in [6.07, 6.45) is 0. The first-order valence-corrected chi connectivity index (χ1v) is 11.8. The molecule has 1 amide bonds. The molecule has 1 heterocycles. The molecule has 0 saturated carbocycles. The van der Waals surface area contributed by atoms with E-state index in [2.05, 4.69) is 10.3 Å². The summed E-state index contributed by atoms with van der Waals surface area (Å²) in [6, 6.07) is 13.0. The zero-order chi connectivity index (χ0) is 21.6. The minimum Gasteiger partial charge on any atom is -0.487 e. The number of amides is 1. The van der Waals surface area contributed by atoms with Crippen LogP contribution in [0.2, 0.25) is 0 Å². The minimum absolute atomic E-state index is 0.200. The molecule has 7 nitrogen and oxygen atoms in total. The second-order valence-electron chi connectivity index (χ2n) is 6.36.